The Bertz CT molecular complexity index is 534. The van der Waals surface area contributed by atoms with Crippen molar-refractivity contribution in [3.63, 3.8) is 0 Å². The minimum absolute atomic E-state index is 0.0499. The molecular weight excluding hydrogens is 258 g/mol. The molecule has 1 atom stereocenters. The molecule has 0 aromatic heterocycles. The van der Waals surface area contributed by atoms with Gasteiger partial charge in [0.2, 0.25) is 0 Å². The van der Waals surface area contributed by atoms with Gasteiger partial charge in [-0.15, -0.1) is 0 Å². The third kappa shape index (κ3) is 5.52. The second-order valence-corrected chi connectivity index (χ2v) is 5.48. The predicted octanol–water partition coefficient (Wildman–Crippen LogP) is 4.50. The zero-order chi connectivity index (χ0) is 14.9. The van der Waals surface area contributed by atoms with Gasteiger partial charge in [-0.3, -0.25) is 4.99 Å². The van der Waals surface area contributed by atoms with Crippen molar-refractivity contribution in [3.8, 4) is 0 Å². The van der Waals surface area contributed by atoms with Crippen LogP contribution in [0.5, 0.6) is 0 Å². The summed E-state index contributed by atoms with van der Waals surface area (Å²) in [4.78, 5) is 4.53. The average Bonchev–Trinajstić information content (AvgIpc) is 2.52. The minimum atomic E-state index is 0.0499. The molecule has 2 aromatic rings. The van der Waals surface area contributed by atoms with Crippen molar-refractivity contribution in [2.75, 3.05) is 0 Å². The van der Waals surface area contributed by atoms with Gasteiger partial charge in [0.15, 0.2) is 0 Å². The van der Waals surface area contributed by atoms with Gasteiger partial charge in [0.05, 0.1) is 19.3 Å². The Morgan fingerprint density at radius 2 is 1.48 bits per heavy atom. The van der Waals surface area contributed by atoms with Crippen LogP contribution in [-0.4, -0.2) is 12.3 Å². The molecule has 1 unspecified atom stereocenters. The van der Waals surface area contributed by atoms with Crippen LogP contribution in [0.1, 0.15) is 25.0 Å². The standard InChI is InChI=1S/C19H23NO/c1-16(2)19(21-15-18-11-7-4-8-12-18)14-20-13-17-9-5-3-6-10-17/h3-12,14,16,19H,13,15H2,1-2H3. The van der Waals surface area contributed by atoms with Crippen molar-refractivity contribution < 1.29 is 4.74 Å². The maximum atomic E-state index is 5.98. The third-order valence-corrected chi connectivity index (χ3v) is 3.31. The smallest absolute Gasteiger partial charge is 0.0949 e. The SMILES string of the molecule is CC(C)C(C=NCc1ccccc1)OCc1ccccc1. The molecule has 0 saturated carbocycles. The van der Waals surface area contributed by atoms with E-state index in [0.717, 1.165) is 0 Å². The second-order valence-electron chi connectivity index (χ2n) is 5.48. The molecule has 2 nitrogen and oxygen atoms in total. The molecule has 0 radical (unpaired) electrons. The van der Waals surface area contributed by atoms with Crippen LogP contribution in [0.25, 0.3) is 0 Å². The molecule has 0 saturated heterocycles. The first-order chi connectivity index (χ1) is 10.3. The van der Waals surface area contributed by atoms with E-state index in [1.165, 1.54) is 11.1 Å². The van der Waals surface area contributed by atoms with Gasteiger partial charge in [0, 0.05) is 6.21 Å². The largest absolute Gasteiger partial charge is 0.368 e. The Hall–Kier alpha value is -1.93. The molecule has 0 fully saturated rings. The molecule has 0 heterocycles. The highest BCUT2D eigenvalue weighted by atomic mass is 16.5. The van der Waals surface area contributed by atoms with Crippen molar-refractivity contribution in [1.29, 1.82) is 0 Å². The third-order valence-electron chi connectivity index (χ3n) is 3.31. The lowest BCUT2D eigenvalue weighted by atomic mass is 10.1. The summed E-state index contributed by atoms with van der Waals surface area (Å²) >= 11 is 0. The van der Waals surface area contributed by atoms with E-state index in [1.807, 2.05) is 42.6 Å². The van der Waals surface area contributed by atoms with Crippen LogP contribution in [0.4, 0.5) is 0 Å². The maximum Gasteiger partial charge on any atom is 0.0949 e. The highest BCUT2D eigenvalue weighted by molar-refractivity contribution is 5.63. The van der Waals surface area contributed by atoms with Crippen LogP contribution >= 0.6 is 0 Å². The van der Waals surface area contributed by atoms with E-state index in [2.05, 4.69) is 43.1 Å². The molecule has 0 aliphatic carbocycles. The van der Waals surface area contributed by atoms with Crippen LogP contribution in [0, 0.1) is 5.92 Å². The Morgan fingerprint density at radius 1 is 0.905 bits per heavy atom. The second kappa shape index (κ2) is 8.38. The topological polar surface area (TPSA) is 21.6 Å². The summed E-state index contributed by atoms with van der Waals surface area (Å²) in [5.41, 5.74) is 2.42. The van der Waals surface area contributed by atoms with Crippen molar-refractivity contribution in [2.45, 2.75) is 33.1 Å². The number of benzene rings is 2. The lowest BCUT2D eigenvalue weighted by Crippen LogP contribution is -2.21. The highest BCUT2D eigenvalue weighted by Crippen LogP contribution is 2.09. The minimum Gasteiger partial charge on any atom is -0.368 e. The lowest BCUT2D eigenvalue weighted by molar-refractivity contribution is 0.0588. The van der Waals surface area contributed by atoms with Crippen molar-refractivity contribution in [1.82, 2.24) is 0 Å². The van der Waals surface area contributed by atoms with Crippen molar-refractivity contribution in [2.24, 2.45) is 10.9 Å². The number of ether oxygens (including phenoxy) is 1. The van der Waals surface area contributed by atoms with E-state index in [9.17, 15) is 0 Å². The molecule has 21 heavy (non-hydrogen) atoms. The molecule has 2 aromatic carbocycles. The van der Waals surface area contributed by atoms with Gasteiger partial charge in [-0.2, -0.15) is 0 Å². The predicted molar refractivity (Wildman–Crippen MR) is 88.5 cm³/mol. The summed E-state index contributed by atoms with van der Waals surface area (Å²) in [6, 6.07) is 20.5. The van der Waals surface area contributed by atoms with E-state index in [0.29, 0.717) is 19.1 Å². The normalized spacial score (nSPS) is 12.9. The summed E-state index contributed by atoms with van der Waals surface area (Å²) in [5.74, 6) is 0.410. The van der Waals surface area contributed by atoms with Gasteiger partial charge in [-0.25, -0.2) is 0 Å². The molecule has 2 rings (SSSR count). The molecule has 0 amide bonds. The first-order valence-electron chi connectivity index (χ1n) is 7.45. The van der Waals surface area contributed by atoms with Crippen LogP contribution in [0.2, 0.25) is 0 Å². The summed E-state index contributed by atoms with van der Waals surface area (Å²) < 4.78 is 5.98. The van der Waals surface area contributed by atoms with Crippen molar-refractivity contribution >= 4 is 6.21 Å². The van der Waals surface area contributed by atoms with Crippen LogP contribution < -0.4 is 0 Å². The van der Waals surface area contributed by atoms with Gasteiger partial charge in [-0.1, -0.05) is 74.5 Å². The lowest BCUT2D eigenvalue weighted by Gasteiger charge is -2.17. The number of hydrogen-bond acceptors (Lipinski definition) is 2. The first kappa shape index (κ1) is 15.5. The highest BCUT2D eigenvalue weighted by Gasteiger charge is 2.11. The Kier molecular flexibility index (Phi) is 6.17. The number of nitrogens with zero attached hydrogens (tertiary/aromatic N) is 1. The molecule has 0 aliphatic heterocycles. The molecule has 110 valence electrons. The number of rotatable bonds is 7. The average molecular weight is 281 g/mol. The molecule has 0 aliphatic rings. The van der Waals surface area contributed by atoms with Crippen LogP contribution in [0.3, 0.4) is 0 Å². The van der Waals surface area contributed by atoms with E-state index in [1.54, 1.807) is 0 Å². The van der Waals surface area contributed by atoms with Gasteiger partial charge < -0.3 is 4.74 Å². The van der Waals surface area contributed by atoms with E-state index in [4.69, 9.17) is 4.74 Å². The number of aliphatic imine (C=N–C) groups is 1. The summed E-state index contributed by atoms with van der Waals surface area (Å²) in [6.07, 6.45) is 1.99. The maximum absolute atomic E-state index is 5.98. The molecule has 2 heteroatoms. The van der Waals surface area contributed by atoms with Crippen molar-refractivity contribution in [3.05, 3.63) is 71.8 Å². The first-order valence-corrected chi connectivity index (χ1v) is 7.45. The van der Waals surface area contributed by atoms with Gasteiger partial charge in [-0.05, 0) is 17.0 Å². The fourth-order valence-electron chi connectivity index (χ4n) is 2.02. The van der Waals surface area contributed by atoms with Gasteiger partial charge >= 0.3 is 0 Å². The number of hydrogen-bond donors (Lipinski definition) is 0. The molecule has 0 spiro atoms. The molecule has 0 N–H and O–H groups in total. The Morgan fingerprint density at radius 3 is 2.05 bits per heavy atom. The zero-order valence-electron chi connectivity index (χ0n) is 12.8. The van der Waals surface area contributed by atoms with E-state index >= 15 is 0 Å². The van der Waals surface area contributed by atoms with Crippen LogP contribution in [0.15, 0.2) is 65.7 Å². The fraction of sp³-hybridized carbons (Fsp3) is 0.316. The zero-order valence-corrected chi connectivity index (χ0v) is 12.8. The van der Waals surface area contributed by atoms with Gasteiger partial charge in [0.1, 0.15) is 0 Å². The summed E-state index contributed by atoms with van der Waals surface area (Å²) in [7, 11) is 0. The van der Waals surface area contributed by atoms with E-state index in [-0.39, 0.29) is 6.10 Å². The summed E-state index contributed by atoms with van der Waals surface area (Å²) in [5, 5.41) is 0. The fourth-order valence-corrected chi connectivity index (χ4v) is 2.02. The van der Waals surface area contributed by atoms with Crippen LogP contribution in [-0.2, 0) is 17.9 Å². The summed E-state index contributed by atoms with van der Waals surface area (Å²) in [6.45, 7) is 5.65. The van der Waals surface area contributed by atoms with E-state index < -0.39 is 0 Å². The molecule has 0 bridgehead atoms. The monoisotopic (exact) mass is 281 g/mol. The Balaban J connectivity index is 1.87. The van der Waals surface area contributed by atoms with Gasteiger partial charge in [0.25, 0.3) is 0 Å². The molecular formula is C19H23NO. The Labute approximate surface area is 127 Å². The quantitative estimate of drug-likeness (QED) is 0.685.